The zero-order valence-corrected chi connectivity index (χ0v) is 25.2. The van der Waals surface area contributed by atoms with E-state index in [9.17, 15) is 26.4 Å². The van der Waals surface area contributed by atoms with Gasteiger partial charge in [0.1, 0.15) is 20.5 Å². The maximum absolute atomic E-state index is 13.4. The molecule has 3 aromatic rings. The minimum atomic E-state index is -5.84. The van der Waals surface area contributed by atoms with Crippen LogP contribution in [0.3, 0.4) is 0 Å². The van der Waals surface area contributed by atoms with E-state index in [1.807, 2.05) is 45.8 Å². The lowest BCUT2D eigenvalue weighted by molar-refractivity contribution is -0.0510. The summed E-state index contributed by atoms with van der Waals surface area (Å²) in [6.45, 7) is 8.16. The first-order valence-electron chi connectivity index (χ1n) is 10.9. The van der Waals surface area contributed by atoms with E-state index in [1.165, 1.54) is 0 Å². The molecule has 0 saturated heterocycles. The molecule has 1 amide bonds. The Morgan fingerprint density at radius 3 is 2.15 bits per heavy atom. The number of nitrogens with one attached hydrogen (secondary N) is 1. The number of alkyl halides is 3. The van der Waals surface area contributed by atoms with Crippen LogP contribution < -0.4 is 10.5 Å². The molecule has 0 unspecified atom stereocenters. The maximum atomic E-state index is 13.4. The minimum absolute atomic E-state index is 0.0435. The molecule has 2 aromatic heterocycles. The van der Waals surface area contributed by atoms with Crippen molar-refractivity contribution in [2.45, 2.75) is 44.6 Å². The molecule has 40 heavy (non-hydrogen) atoms. The number of aromatic nitrogens is 1. The van der Waals surface area contributed by atoms with Crippen LogP contribution in [-0.4, -0.2) is 57.0 Å². The molecule has 0 aliphatic carbocycles. The Kier molecular flexibility index (Phi) is 10.1. The monoisotopic (exact) mass is 646 g/mol. The summed E-state index contributed by atoms with van der Waals surface area (Å²) >= 11 is 7.08. The van der Waals surface area contributed by atoms with Gasteiger partial charge < -0.3 is 15.2 Å². The Balaban J connectivity index is 0.000000611. The molecule has 2 heterocycles. The summed E-state index contributed by atoms with van der Waals surface area (Å²) in [6, 6.07) is 2.02. The fourth-order valence-electron chi connectivity index (χ4n) is 3.75. The van der Waals surface area contributed by atoms with Crippen LogP contribution in [0.2, 0.25) is 5.02 Å². The van der Waals surface area contributed by atoms with Gasteiger partial charge in [-0.05, 0) is 69.6 Å². The fourth-order valence-corrected chi connectivity index (χ4v) is 6.56. The molecule has 4 N–H and O–H groups in total. The first-order chi connectivity index (χ1) is 18.1. The summed E-state index contributed by atoms with van der Waals surface area (Å²) in [6.07, 6.45) is 0. The molecule has 0 fully saturated rings. The van der Waals surface area contributed by atoms with Crippen molar-refractivity contribution in [3.63, 3.8) is 0 Å². The minimum Gasteiger partial charge on any atom is -0.365 e. The zero-order chi connectivity index (χ0) is 31.0. The number of hydrogen-bond donors (Lipinski definition) is 3. The number of aryl methyl sites for hydroxylation is 3. The van der Waals surface area contributed by atoms with Crippen molar-refractivity contribution in [1.82, 2.24) is 10.1 Å². The normalized spacial score (nSPS) is 12.3. The lowest BCUT2D eigenvalue weighted by atomic mass is 9.90. The second-order valence-electron chi connectivity index (χ2n) is 8.84. The van der Waals surface area contributed by atoms with Gasteiger partial charge in [0.25, 0.3) is 21.8 Å². The van der Waals surface area contributed by atoms with Gasteiger partial charge in [0.2, 0.25) is 0 Å². The molecule has 222 valence electrons. The number of amides is 1. The van der Waals surface area contributed by atoms with Crippen LogP contribution in [0.4, 0.5) is 19.1 Å². The Labute approximate surface area is 237 Å². The van der Waals surface area contributed by atoms with Crippen LogP contribution >= 0.6 is 22.9 Å². The molecule has 0 aliphatic rings. The van der Waals surface area contributed by atoms with Gasteiger partial charge in [-0.15, -0.1) is 11.3 Å². The molecule has 0 saturated carbocycles. The van der Waals surface area contributed by atoms with E-state index in [1.54, 1.807) is 12.3 Å². The second-order valence-corrected chi connectivity index (χ2v) is 13.1. The van der Waals surface area contributed by atoms with Crippen LogP contribution in [0.15, 0.2) is 20.9 Å². The highest BCUT2D eigenvalue weighted by molar-refractivity contribution is 7.93. The first-order valence-corrected chi connectivity index (χ1v) is 15.1. The Morgan fingerprint density at radius 1 is 1.18 bits per heavy atom. The SMILES string of the molecule is Cc1cc(C)c(-c2csc(C(N)=O)c2S(=O)(=O)Nc2onc(C)c2Cl)c(C)c1CN(C)C.O=S(=O)(O)C(F)(F)F. The molecular weight excluding hydrogens is 621 g/mol. The second kappa shape index (κ2) is 12.0. The van der Waals surface area contributed by atoms with Crippen molar-refractivity contribution in [3.05, 3.63) is 49.3 Å². The van der Waals surface area contributed by atoms with Crippen LogP contribution in [-0.2, 0) is 26.7 Å². The topological polar surface area (TPSA) is 173 Å². The smallest absolute Gasteiger partial charge is 0.365 e. The Hall–Kier alpha value is -2.70. The van der Waals surface area contributed by atoms with E-state index in [0.29, 0.717) is 17.8 Å². The summed E-state index contributed by atoms with van der Waals surface area (Å²) < 4.78 is 91.7. The number of thiophene rings is 1. The highest BCUT2D eigenvalue weighted by atomic mass is 35.5. The van der Waals surface area contributed by atoms with Crippen molar-refractivity contribution < 1.29 is 43.9 Å². The number of sulfonamides is 1. The molecule has 0 bridgehead atoms. The van der Waals surface area contributed by atoms with E-state index >= 15 is 0 Å². The van der Waals surface area contributed by atoms with Crippen molar-refractivity contribution in [1.29, 1.82) is 0 Å². The Morgan fingerprint density at radius 2 is 1.73 bits per heavy atom. The van der Waals surface area contributed by atoms with E-state index in [4.69, 9.17) is 34.8 Å². The van der Waals surface area contributed by atoms with Gasteiger partial charge >= 0.3 is 15.6 Å². The third-order valence-electron chi connectivity index (χ3n) is 5.42. The number of hydrogen-bond acceptors (Lipinski definition) is 9. The van der Waals surface area contributed by atoms with E-state index in [2.05, 4.69) is 9.88 Å². The van der Waals surface area contributed by atoms with Gasteiger partial charge in [-0.1, -0.05) is 22.8 Å². The summed E-state index contributed by atoms with van der Waals surface area (Å²) in [4.78, 5) is 13.9. The van der Waals surface area contributed by atoms with E-state index in [-0.39, 0.29) is 20.7 Å². The van der Waals surface area contributed by atoms with Gasteiger partial charge in [0.15, 0.2) is 0 Å². The van der Waals surface area contributed by atoms with Crippen molar-refractivity contribution in [2.75, 3.05) is 18.8 Å². The number of anilines is 1. The largest absolute Gasteiger partial charge is 0.522 e. The molecule has 0 aliphatic heterocycles. The van der Waals surface area contributed by atoms with Crippen LogP contribution in [0.5, 0.6) is 0 Å². The molecule has 1 aromatic carbocycles. The third-order valence-corrected chi connectivity index (χ3v) is 8.99. The summed E-state index contributed by atoms with van der Waals surface area (Å²) in [5.41, 5.74) is 5.51. The predicted octanol–water partition coefficient (Wildman–Crippen LogP) is 4.65. The lowest BCUT2D eigenvalue weighted by Gasteiger charge is -2.20. The van der Waals surface area contributed by atoms with Crippen LogP contribution in [0, 0.1) is 27.7 Å². The number of benzene rings is 1. The van der Waals surface area contributed by atoms with Crippen molar-refractivity contribution in [2.24, 2.45) is 5.73 Å². The van der Waals surface area contributed by atoms with Gasteiger partial charge in [-0.2, -0.15) is 21.6 Å². The third kappa shape index (κ3) is 7.32. The molecular formula is C22H26ClF3N4O7S3. The van der Waals surface area contributed by atoms with Gasteiger partial charge in [0, 0.05) is 17.5 Å². The average Bonchev–Trinajstić information content (AvgIpc) is 3.35. The van der Waals surface area contributed by atoms with Gasteiger partial charge in [0.05, 0.1) is 0 Å². The predicted molar refractivity (Wildman–Crippen MR) is 145 cm³/mol. The summed E-state index contributed by atoms with van der Waals surface area (Å²) in [5, 5.41) is 5.36. The average molecular weight is 647 g/mol. The highest BCUT2D eigenvalue weighted by Crippen LogP contribution is 2.41. The van der Waals surface area contributed by atoms with Crippen molar-refractivity contribution >= 4 is 54.9 Å². The van der Waals surface area contributed by atoms with E-state index in [0.717, 1.165) is 39.2 Å². The molecule has 11 nitrogen and oxygen atoms in total. The number of primary amides is 1. The summed E-state index contributed by atoms with van der Waals surface area (Å²) in [7, 11) is -6.18. The molecule has 18 heteroatoms. The number of nitrogens with zero attached hydrogens (tertiary/aromatic N) is 2. The maximum Gasteiger partial charge on any atom is 0.522 e. The van der Waals surface area contributed by atoms with E-state index < -0.39 is 31.6 Å². The first kappa shape index (κ1) is 33.5. The van der Waals surface area contributed by atoms with Gasteiger partial charge in [-0.3, -0.25) is 9.35 Å². The number of carbonyl (C=O) groups is 1. The number of nitrogens with two attached hydrogens (primary N) is 1. The lowest BCUT2D eigenvalue weighted by Crippen LogP contribution is -2.21. The molecule has 3 rings (SSSR count). The fraction of sp³-hybridized carbons (Fsp3) is 0.364. The van der Waals surface area contributed by atoms with Crippen LogP contribution in [0.25, 0.3) is 11.1 Å². The number of rotatable bonds is 7. The Bertz CT molecular complexity index is 1650. The standard InChI is InChI=1S/C21H25ClN4O4S2.CHF3O3S/c1-10-7-11(2)16(12(3)14(10)8-26(5)6)15-9-31-18(20(23)27)19(15)32(28,29)25-21-17(22)13(4)24-30-21;2-1(3,4)8(5,6)7/h7,9,25H,8H2,1-6H3,(H2,23,27);(H,5,6,7). The number of halogens is 4. The highest BCUT2D eigenvalue weighted by Gasteiger charge is 2.44. The molecule has 0 spiro atoms. The van der Waals surface area contributed by atoms with Gasteiger partial charge in [-0.25, -0.2) is 13.1 Å². The van der Waals surface area contributed by atoms with Crippen LogP contribution in [0.1, 0.15) is 37.6 Å². The quantitative estimate of drug-likeness (QED) is 0.244. The summed E-state index contributed by atoms with van der Waals surface area (Å²) in [5.74, 6) is -1.06. The number of carbonyl (C=O) groups excluding carboxylic acids is 1. The molecule has 0 radical (unpaired) electrons. The molecule has 0 atom stereocenters. The van der Waals surface area contributed by atoms with Crippen molar-refractivity contribution in [3.8, 4) is 11.1 Å². The zero-order valence-electron chi connectivity index (χ0n) is 22.0.